The second-order valence-electron chi connectivity index (χ2n) is 9.08. The first-order valence-electron chi connectivity index (χ1n) is 11.6. The van der Waals surface area contributed by atoms with E-state index in [2.05, 4.69) is 20.5 Å². The van der Waals surface area contributed by atoms with Crippen LogP contribution < -0.4 is 10.2 Å². The van der Waals surface area contributed by atoms with Gasteiger partial charge in [0.2, 0.25) is 11.8 Å². The molecule has 2 amide bonds. The number of rotatable bonds is 6. The van der Waals surface area contributed by atoms with Crippen LogP contribution in [0, 0.1) is 0 Å². The number of hydrogen-bond donors (Lipinski definition) is 1. The number of amides is 2. The summed E-state index contributed by atoms with van der Waals surface area (Å²) in [7, 11) is 0. The Kier molecular flexibility index (Phi) is 6.32. The van der Waals surface area contributed by atoms with Gasteiger partial charge in [0.25, 0.3) is 0 Å². The van der Waals surface area contributed by atoms with Crippen LogP contribution >= 0.6 is 11.8 Å². The average Bonchev–Trinajstić information content (AvgIpc) is 3.27. The van der Waals surface area contributed by atoms with Gasteiger partial charge < -0.3 is 5.32 Å². The second-order valence-corrected chi connectivity index (χ2v) is 10.4. The lowest BCUT2D eigenvalue weighted by molar-refractivity contribution is -0.126. The number of nitrogens with zero attached hydrogens (tertiary/aromatic N) is 5. The van der Waals surface area contributed by atoms with Crippen molar-refractivity contribution in [1.82, 2.24) is 19.7 Å². The highest BCUT2D eigenvalue weighted by atomic mass is 32.2. The first-order chi connectivity index (χ1) is 17.4. The minimum absolute atomic E-state index is 0.174. The third-order valence-electron chi connectivity index (χ3n) is 6.20. The standard InChI is InChI=1S/C27H26N6O2S/c1-18(24(34)33-22-12-8-7-11-21(22)29-25(35)27(33,2)3)36-26-31-30-23(20-13-15-28-16-14-20)32(26)17-19-9-5-4-6-10-19/h4-16,18H,17H2,1-3H3,(H,29,35)/t18-/m1/s1. The number of benzene rings is 2. The van der Waals surface area contributed by atoms with E-state index >= 15 is 0 Å². The summed E-state index contributed by atoms with van der Waals surface area (Å²) in [5.74, 6) is 0.303. The summed E-state index contributed by atoms with van der Waals surface area (Å²) in [5.41, 5.74) is 2.25. The number of nitrogens with one attached hydrogen (secondary N) is 1. The van der Waals surface area contributed by atoms with Crippen molar-refractivity contribution in [3.63, 3.8) is 0 Å². The molecule has 4 aromatic rings. The Morgan fingerprint density at radius 1 is 1.00 bits per heavy atom. The van der Waals surface area contributed by atoms with Gasteiger partial charge in [0.1, 0.15) is 5.54 Å². The molecule has 36 heavy (non-hydrogen) atoms. The fraction of sp³-hybridized carbons (Fsp3) is 0.222. The Hall–Kier alpha value is -3.98. The van der Waals surface area contributed by atoms with E-state index in [1.165, 1.54) is 11.8 Å². The molecule has 1 aliphatic rings. The first kappa shape index (κ1) is 23.7. The largest absolute Gasteiger partial charge is 0.322 e. The summed E-state index contributed by atoms with van der Waals surface area (Å²) in [6.45, 7) is 5.90. The Balaban J connectivity index is 1.48. The summed E-state index contributed by atoms with van der Waals surface area (Å²) < 4.78 is 2.01. The van der Waals surface area contributed by atoms with Crippen molar-refractivity contribution in [1.29, 1.82) is 0 Å². The molecule has 0 saturated heterocycles. The van der Waals surface area contributed by atoms with Crippen molar-refractivity contribution < 1.29 is 9.59 Å². The van der Waals surface area contributed by atoms with Gasteiger partial charge in [-0.25, -0.2) is 0 Å². The van der Waals surface area contributed by atoms with Gasteiger partial charge in [-0.1, -0.05) is 54.2 Å². The van der Waals surface area contributed by atoms with Crippen LogP contribution in [0.15, 0.2) is 84.3 Å². The zero-order valence-corrected chi connectivity index (χ0v) is 21.1. The second kappa shape index (κ2) is 9.58. The number of hydrogen-bond acceptors (Lipinski definition) is 6. The molecule has 5 rings (SSSR count). The van der Waals surface area contributed by atoms with Crippen LogP contribution in [-0.2, 0) is 16.1 Å². The fourth-order valence-electron chi connectivity index (χ4n) is 4.24. The minimum Gasteiger partial charge on any atom is -0.322 e. The van der Waals surface area contributed by atoms with Crippen LogP contribution in [0.2, 0.25) is 0 Å². The average molecular weight is 499 g/mol. The van der Waals surface area contributed by atoms with Gasteiger partial charge in [0.15, 0.2) is 11.0 Å². The van der Waals surface area contributed by atoms with Gasteiger partial charge in [-0.05, 0) is 50.6 Å². The molecular weight excluding hydrogens is 472 g/mol. The van der Waals surface area contributed by atoms with Gasteiger partial charge in [0.05, 0.1) is 23.2 Å². The number of fused-ring (bicyclic) bond motifs is 1. The van der Waals surface area contributed by atoms with E-state index in [1.807, 2.05) is 72.2 Å². The number of para-hydroxylation sites is 2. The van der Waals surface area contributed by atoms with E-state index in [0.717, 1.165) is 11.1 Å². The lowest BCUT2D eigenvalue weighted by Gasteiger charge is -2.43. The Bertz CT molecular complexity index is 1400. The molecule has 0 saturated carbocycles. The van der Waals surface area contributed by atoms with Gasteiger partial charge >= 0.3 is 0 Å². The van der Waals surface area contributed by atoms with Crippen LogP contribution in [0.25, 0.3) is 11.4 Å². The summed E-state index contributed by atoms with van der Waals surface area (Å²) in [4.78, 5) is 32.4. The fourth-order valence-corrected chi connectivity index (χ4v) is 5.12. The smallest absolute Gasteiger partial charge is 0.250 e. The molecule has 0 unspecified atom stereocenters. The van der Waals surface area contributed by atoms with Crippen molar-refractivity contribution >= 4 is 35.0 Å². The Morgan fingerprint density at radius 3 is 2.44 bits per heavy atom. The van der Waals surface area contributed by atoms with Gasteiger partial charge in [-0.3, -0.25) is 24.0 Å². The highest BCUT2D eigenvalue weighted by Gasteiger charge is 2.45. The molecule has 1 atom stereocenters. The zero-order valence-electron chi connectivity index (χ0n) is 20.3. The van der Waals surface area contributed by atoms with Gasteiger partial charge in [0, 0.05) is 18.0 Å². The minimum atomic E-state index is -1.04. The molecule has 182 valence electrons. The van der Waals surface area contributed by atoms with E-state index in [4.69, 9.17) is 0 Å². The number of carbonyl (C=O) groups excluding carboxylic acids is 2. The molecule has 0 aliphatic carbocycles. The van der Waals surface area contributed by atoms with Crippen molar-refractivity contribution in [3.05, 3.63) is 84.7 Å². The number of carbonyl (C=O) groups is 2. The van der Waals surface area contributed by atoms with E-state index < -0.39 is 10.8 Å². The lowest BCUT2D eigenvalue weighted by Crippen LogP contribution is -2.60. The number of pyridine rings is 1. The molecule has 0 fully saturated rings. The lowest BCUT2D eigenvalue weighted by atomic mass is 9.96. The van der Waals surface area contributed by atoms with Crippen LogP contribution in [-0.4, -0.2) is 42.4 Å². The van der Waals surface area contributed by atoms with E-state index in [-0.39, 0.29) is 11.8 Å². The van der Waals surface area contributed by atoms with Crippen LogP contribution in [0.3, 0.4) is 0 Å². The first-order valence-corrected chi connectivity index (χ1v) is 12.5. The van der Waals surface area contributed by atoms with Crippen LogP contribution in [0.1, 0.15) is 26.3 Å². The molecule has 1 N–H and O–H groups in total. The molecule has 3 heterocycles. The maximum Gasteiger partial charge on any atom is 0.250 e. The molecule has 0 radical (unpaired) electrons. The predicted molar refractivity (Wildman–Crippen MR) is 141 cm³/mol. The van der Waals surface area contributed by atoms with E-state index in [9.17, 15) is 9.59 Å². The molecule has 8 nitrogen and oxygen atoms in total. The Labute approximate surface area is 213 Å². The SMILES string of the molecule is C[C@@H](Sc1nnc(-c2ccncc2)n1Cc1ccccc1)C(=O)N1c2ccccc2NC(=O)C1(C)C. The number of anilines is 2. The van der Waals surface area contributed by atoms with Crippen molar-refractivity contribution in [2.45, 2.75) is 43.3 Å². The maximum absolute atomic E-state index is 13.8. The highest BCUT2D eigenvalue weighted by Crippen LogP contribution is 2.39. The van der Waals surface area contributed by atoms with Crippen molar-refractivity contribution in [3.8, 4) is 11.4 Å². The third-order valence-corrected chi connectivity index (χ3v) is 7.27. The molecule has 2 aromatic heterocycles. The monoisotopic (exact) mass is 498 g/mol. The van der Waals surface area contributed by atoms with Crippen LogP contribution in [0.5, 0.6) is 0 Å². The Morgan fingerprint density at radius 2 is 1.69 bits per heavy atom. The molecule has 9 heteroatoms. The third kappa shape index (κ3) is 4.37. The summed E-state index contributed by atoms with van der Waals surface area (Å²) in [6.07, 6.45) is 3.44. The van der Waals surface area contributed by atoms with Crippen LogP contribution in [0.4, 0.5) is 11.4 Å². The summed E-state index contributed by atoms with van der Waals surface area (Å²) in [6, 6.07) is 21.2. The van der Waals surface area contributed by atoms with Crippen molar-refractivity contribution in [2.24, 2.45) is 0 Å². The highest BCUT2D eigenvalue weighted by molar-refractivity contribution is 8.00. The number of thioether (sulfide) groups is 1. The molecule has 2 aromatic carbocycles. The van der Waals surface area contributed by atoms with E-state index in [0.29, 0.717) is 28.9 Å². The topological polar surface area (TPSA) is 93.0 Å². The van der Waals surface area contributed by atoms with Gasteiger partial charge in [-0.2, -0.15) is 0 Å². The maximum atomic E-state index is 13.8. The van der Waals surface area contributed by atoms with E-state index in [1.54, 1.807) is 37.2 Å². The number of aromatic nitrogens is 4. The van der Waals surface area contributed by atoms with Gasteiger partial charge in [-0.15, -0.1) is 10.2 Å². The zero-order chi connectivity index (χ0) is 25.3. The normalized spacial score (nSPS) is 15.2. The molecular formula is C27H26N6O2S. The molecule has 1 aliphatic heterocycles. The molecule has 0 bridgehead atoms. The summed E-state index contributed by atoms with van der Waals surface area (Å²) in [5, 5.41) is 11.9. The quantitative estimate of drug-likeness (QED) is 0.390. The summed E-state index contributed by atoms with van der Waals surface area (Å²) >= 11 is 1.33. The molecule has 0 spiro atoms. The predicted octanol–water partition coefficient (Wildman–Crippen LogP) is 4.63. The van der Waals surface area contributed by atoms with Crippen molar-refractivity contribution in [2.75, 3.05) is 10.2 Å².